The van der Waals surface area contributed by atoms with Gasteiger partial charge in [-0.2, -0.15) is 0 Å². The maximum absolute atomic E-state index is 11.3. The SMILES string of the molecule is COC(=O)c1ccc(O[C@H]2CCOC2)c(Br)c1. The van der Waals surface area contributed by atoms with Crippen molar-refractivity contribution in [1.29, 1.82) is 0 Å². The van der Waals surface area contributed by atoms with Gasteiger partial charge in [-0.25, -0.2) is 4.79 Å². The number of ether oxygens (including phenoxy) is 3. The molecule has 1 aliphatic rings. The molecule has 0 saturated carbocycles. The van der Waals surface area contributed by atoms with Crippen LogP contribution < -0.4 is 4.74 Å². The van der Waals surface area contributed by atoms with E-state index < -0.39 is 0 Å². The molecule has 1 fully saturated rings. The van der Waals surface area contributed by atoms with Gasteiger partial charge in [-0.05, 0) is 34.1 Å². The monoisotopic (exact) mass is 300 g/mol. The molecule has 1 aromatic rings. The fourth-order valence-corrected chi connectivity index (χ4v) is 2.10. The van der Waals surface area contributed by atoms with Gasteiger partial charge >= 0.3 is 5.97 Å². The number of rotatable bonds is 3. The van der Waals surface area contributed by atoms with Crippen LogP contribution in [0.4, 0.5) is 0 Å². The maximum Gasteiger partial charge on any atom is 0.337 e. The van der Waals surface area contributed by atoms with Crippen LogP contribution in [0.2, 0.25) is 0 Å². The van der Waals surface area contributed by atoms with Gasteiger partial charge in [-0.1, -0.05) is 0 Å². The fourth-order valence-electron chi connectivity index (χ4n) is 1.63. The lowest BCUT2D eigenvalue weighted by atomic mass is 10.2. The molecule has 0 N–H and O–H groups in total. The van der Waals surface area contributed by atoms with Crippen molar-refractivity contribution < 1.29 is 19.0 Å². The Morgan fingerprint density at radius 3 is 2.94 bits per heavy atom. The molecule has 0 amide bonds. The molecule has 0 unspecified atom stereocenters. The third-order valence-electron chi connectivity index (χ3n) is 2.53. The molecule has 0 radical (unpaired) electrons. The summed E-state index contributed by atoms with van der Waals surface area (Å²) in [5, 5.41) is 0. The molecule has 17 heavy (non-hydrogen) atoms. The van der Waals surface area contributed by atoms with Crippen molar-refractivity contribution in [3.63, 3.8) is 0 Å². The number of hydrogen-bond acceptors (Lipinski definition) is 4. The Morgan fingerprint density at radius 2 is 2.35 bits per heavy atom. The van der Waals surface area contributed by atoms with E-state index in [1.807, 2.05) is 0 Å². The van der Waals surface area contributed by atoms with Gasteiger partial charge in [0.25, 0.3) is 0 Å². The highest BCUT2D eigenvalue weighted by atomic mass is 79.9. The molecule has 1 atom stereocenters. The lowest BCUT2D eigenvalue weighted by molar-refractivity contribution is 0.0600. The van der Waals surface area contributed by atoms with E-state index in [1.54, 1.807) is 18.2 Å². The Labute approximate surface area is 108 Å². The van der Waals surface area contributed by atoms with Gasteiger partial charge in [0, 0.05) is 6.42 Å². The van der Waals surface area contributed by atoms with E-state index in [-0.39, 0.29) is 12.1 Å². The average molecular weight is 301 g/mol. The molecule has 0 aliphatic carbocycles. The quantitative estimate of drug-likeness (QED) is 0.804. The predicted molar refractivity (Wildman–Crippen MR) is 65.3 cm³/mol. The van der Waals surface area contributed by atoms with Gasteiger partial charge in [-0.15, -0.1) is 0 Å². The number of halogens is 1. The van der Waals surface area contributed by atoms with Gasteiger partial charge in [0.15, 0.2) is 0 Å². The van der Waals surface area contributed by atoms with Crippen molar-refractivity contribution in [2.45, 2.75) is 12.5 Å². The highest BCUT2D eigenvalue weighted by molar-refractivity contribution is 9.10. The summed E-state index contributed by atoms with van der Waals surface area (Å²) in [5.41, 5.74) is 0.495. The first-order valence-corrected chi connectivity index (χ1v) is 6.12. The second-order valence-electron chi connectivity index (χ2n) is 3.74. The van der Waals surface area contributed by atoms with Gasteiger partial charge in [0.2, 0.25) is 0 Å². The third-order valence-corrected chi connectivity index (χ3v) is 3.15. The summed E-state index contributed by atoms with van der Waals surface area (Å²) in [6.45, 7) is 1.35. The third kappa shape index (κ3) is 2.98. The maximum atomic E-state index is 11.3. The van der Waals surface area contributed by atoms with Gasteiger partial charge in [0.1, 0.15) is 11.9 Å². The molecule has 0 spiro atoms. The number of carbonyl (C=O) groups excluding carboxylic acids is 1. The highest BCUT2D eigenvalue weighted by Gasteiger charge is 2.18. The topological polar surface area (TPSA) is 44.8 Å². The van der Waals surface area contributed by atoms with E-state index in [9.17, 15) is 4.79 Å². The van der Waals surface area contributed by atoms with Crippen molar-refractivity contribution in [3.8, 4) is 5.75 Å². The molecule has 1 aliphatic heterocycles. The smallest absolute Gasteiger partial charge is 0.337 e. The van der Waals surface area contributed by atoms with E-state index in [4.69, 9.17) is 9.47 Å². The van der Waals surface area contributed by atoms with Crippen molar-refractivity contribution in [2.75, 3.05) is 20.3 Å². The van der Waals surface area contributed by atoms with Crippen molar-refractivity contribution >= 4 is 21.9 Å². The molecule has 5 heteroatoms. The minimum Gasteiger partial charge on any atom is -0.487 e. The minimum absolute atomic E-state index is 0.0928. The summed E-state index contributed by atoms with van der Waals surface area (Å²) in [7, 11) is 1.36. The summed E-state index contributed by atoms with van der Waals surface area (Å²) in [4.78, 5) is 11.3. The summed E-state index contributed by atoms with van der Waals surface area (Å²) in [6.07, 6.45) is 0.987. The first-order valence-electron chi connectivity index (χ1n) is 5.33. The molecular formula is C12H13BrO4. The van der Waals surface area contributed by atoms with Crippen LogP contribution in [0.3, 0.4) is 0 Å². The largest absolute Gasteiger partial charge is 0.487 e. The van der Waals surface area contributed by atoms with Crippen molar-refractivity contribution in [2.24, 2.45) is 0 Å². The lowest BCUT2D eigenvalue weighted by Crippen LogP contribution is -2.16. The molecule has 2 rings (SSSR count). The Hall–Kier alpha value is -1.07. The molecule has 1 aromatic carbocycles. The minimum atomic E-state index is -0.360. The van der Waals surface area contributed by atoms with Gasteiger partial charge in [0.05, 0.1) is 30.4 Å². The van der Waals surface area contributed by atoms with E-state index in [2.05, 4.69) is 20.7 Å². The number of esters is 1. The van der Waals surface area contributed by atoms with Crippen LogP contribution in [0, 0.1) is 0 Å². The zero-order valence-electron chi connectivity index (χ0n) is 9.44. The number of methoxy groups -OCH3 is 1. The van der Waals surface area contributed by atoms with Gasteiger partial charge in [-0.3, -0.25) is 0 Å². The van der Waals surface area contributed by atoms with Crippen molar-refractivity contribution in [1.82, 2.24) is 0 Å². The molecule has 1 heterocycles. The van der Waals surface area contributed by atoms with Crippen LogP contribution in [-0.4, -0.2) is 32.4 Å². The molecule has 92 valence electrons. The van der Waals surface area contributed by atoms with Crippen molar-refractivity contribution in [3.05, 3.63) is 28.2 Å². The Balaban J connectivity index is 2.10. The van der Waals surface area contributed by atoms with Gasteiger partial charge < -0.3 is 14.2 Å². The van der Waals surface area contributed by atoms with E-state index >= 15 is 0 Å². The summed E-state index contributed by atoms with van der Waals surface area (Å²) in [6, 6.07) is 5.13. The normalized spacial score (nSPS) is 19.1. The fraction of sp³-hybridized carbons (Fsp3) is 0.417. The van der Waals surface area contributed by atoms with Crippen LogP contribution in [0.5, 0.6) is 5.75 Å². The second kappa shape index (κ2) is 5.51. The molecule has 0 bridgehead atoms. The first-order chi connectivity index (χ1) is 8.20. The summed E-state index contributed by atoms with van der Waals surface area (Å²) in [5.74, 6) is 0.356. The summed E-state index contributed by atoms with van der Waals surface area (Å²) >= 11 is 3.38. The zero-order chi connectivity index (χ0) is 12.3. The number of benzene rings is 1. The summed E-state index contributed by atoms with van der Waals surface area (Å²) < 4.78 is 16.4. The second-order valence-corrected chi connectivity index (χ2v) is 4.59. The Bertz CT molecular complexity index is 413. The van der Waals surface area contributed by atoms with E-state index in [0.717, 1.165) is 17.5 Å². The number of carbonyl (C=O) groups is 1. The van der Waals surface area contributed by atoms with E-state index in [1.165, 1.54) is 7.11 Å². The van der Waals surface area contributed by atoms with Crippen LogP contribution >= 0.6 is 15.9 Å². The average Bonchev–Trinajstić information content (AvgIpc) is 2.83. The molecule has 4 nitrogen and oxygen atoms in total. The van der Waals surface area contributed by atoms with Crippen LogP contribution in [0.1, 0.15) is 16.8 Å². The van der Waals surface area contributed by atoms with Crippen LogP contribution in [0.25, 0.3) is 0 Å². The van der Waals surface area contributed by atoms with Crippen LogP contribution in [-0.2, 0) is 9.47 Å². The lowest BCUT2D eigenvalue weighted by Gasteiger charge is -2.13. The molecular weight excluding hydrogens is 288 g/mol. The highest BCUT2D eigenvalue weighted by Crippen LogP contribution is 2.28. The Morgan fingerprint density at radius 1 is 1.53 bits per heavy atom. The molecule has 0 aromatic heterocycles. The Kier molecular flexibility index (Phi) is 4.02. The van der Waals surface area contributed by atoms with Crippen LogP contribution in [0.15, 0.2) is 22.7 Å². The number of hydrogen-bond donors (Lipinski definition) is 0. The standard InChI is InChI=1S/C12H13BrO4/c1-15-12(14)8-2-3-11(10(13)6-8)17-9-4-5-16-7-9/h2-3,6,9H,4-5,7H2,1H3/t9-/m0/s1. The zero-order valence-corrected chi connectivity index (χ0v) is 11.0. The first kappa shape index (κ1) is 12.4. The predicted octanol–water partition coefficient (Wildman–Crippen LogP) is 2.40. The molecule has 1 saturated heterocycles. The van der Waals surface area contributed by atoms with E-state index in [0.29, 0.717) is 17.9 Å².